The van der Waals surface area contributed by atoms with Crippen molar-refractivity contribution < 1.29 is 17.9 Å². The van der Waals surface area contributed by atoms with Crippen molar-refractivity contribution in [2.45, 2.75) is 38.5 Å². The Labute approximate surface area is 208 Å². The van der Waals surface area contributed by atoms with Crippen LogP contribution in [0.2, 0.25) is 0 Å². The molecule has 0 aliphatic carbocycles. The lowest BCUT2D eigenvalue weighted by atomic mass is 10.0. The van der Waals surface area contributed by atoms with Gasteiger partial charge in [0.05, 0.1) is 10.6 Å². The number of ether oxygens (including phenoxy) is 1. The highest BCUT2D eigenvalue weighted by atomic mass is 32.2. The number of rotatable bonds is 6. The molecular weight excluding hydrogens is 480 g/mol. The smallest absolute Gasteiger partial charge is 0.261 e. The molecule has 0 atom stereocenters. The maximum absolute atomic E-state index is 12.9. The van der Waals surface area contributed by atoms with Crippen LogP contribution in [0.25, 0.3) is 5.82 Å². The van der Waals surface area contributed by atoms with E-state index >= 15 is 0 Å². The number of benzene rings is 2. The highest BCUT2D eigenvalue weighted by Crippen LogP contribution is 2.28. The summed E-state index contributed by atoms with van der Waals surface area (Å²) in [4.78, 5) is 20.5. The van der Waals surface area contributed by atoms with Crippen molar-refractivity contribution >= 4 is 27.3 Å². The van der Waals surface area contributed by atoms with E-state index in [1.165, 1.54) is 6.07 Å². The number of carbonyl (C=O) groups excluding carboxylic acids is 1. The Hall–Kier alpha value is -4.25. The fourth-order valence-electron chi connectivity index (χ4n) is 4.00. The van der Waals surface area contributed by atoms with E-state index in [0.717, 1.165) is 17.0 Å². The van der Waals surface area contributed by atoms with Crippen LogP contribution in [-0.2, 0) is 21.2 Å². The summed E-state index contributed by atoms with van der Waals surface area (Å²) in [7, 11) is -3.81. The standard InChI is InChI=1S/C25H24N6O4S/c1-15-12-16(2)31(29-15)23-14-25(27-17(3)26-23)35-20-7-5-19(6-8-20)30-36(33,34)21-9-10-22-18(13-21)4-11-24(32)28-22/h5-10,12-14,30H,4,11H2,1-3H3,(H,28,32). The molecule has 10 nitrogen and oxygen atoms in total. The zero-order valence-corrected chi connectivity index (χ0v) is 20.8. The van der Waals surface area contributed by atoms with Gasteiger partial charge in [-0.25, -0.2) is 18.1 Å². The van der Waals surface area contributed by atoms with Crippen LogP contribution in [0.5, 0.6) is 11.6 Å². The van der Waals surface area contributed by atoms with Gasteiger partial charge in [-0.3, -0.25) is 9.52 Å². The van der Waals surface area contributed by atoms with E-state index in [9.17, 15) is 13.2 Å². The van der Waals surface area contributed by atoms with Gasteiger partial charge in [0.1, 0.15) is 11.6 Å². The molecule has 1 aliphatic rings. The molecule has 1 aliphatic heterocycles. The van der Waals surface area contributed by atoms with E-state index in [0.29, 0.717) is 47.5 Å². The average Bonchev–Trinajstić information content (AvgIpc) is 3.17. The Morgan fingerprint density at radius 1 is 0.972 bits per heavy atom. The molecule has 2 N–H and O–H groups in total. The lowest BCUT2D eigenvalue weighted by molar-refractivity contribution is -0.116. The van der Waals surface area contributed by atoms with Crippen molar-refractivity contribution in [1.82, 2.24) is 19.7 Å². The summed E-state index contributed by atoms with van der Waals surface area (Å²) in [5, 5.41) is 7.21. The van der Waals surface area contributed by atoms with Gasteiger partial charge in [0, 0.05) is 29.6 Å². The van der Waals surface area contributed by atoms with Crippen molar-refractivity contribution in [2.75, 3.05) is 10.0 Å². The normalized spacial score (nSPS) is 13.1. The van der Waals surface area contributed by atoms with Gasteiger partial charge in [-0.1, -0.05) is 0 Å². The molecule has 36 heavy (non-hydrogen) atoms. The molecule has 11 heteroatoms. The third kappa shape index (κ3) is 4.91. The molecule has 0 spiro atoms. The van der Waals surface area contributed by atoms with Crippen LogP contribution < -0.4 is 14.8 Å². The SMILES string of the molecule is Cc1cc(C)n(-c2cc(Oc3ccc(NS(=O)(=O)c4ccc5c(c4)CCC(=O)N5)cc3)nc(C)n2)n1. The van der Waals surface area contributed by atoms with Crippen LogP contribution >= 0.6 is 0 Å². The molecule has 5 rings (SSSR count). The Morgan fingerprint density at radius 2 is 1.75 bits per heavy atom. The maximum atomic E-state index is 12.9. The molecule has 2 aromatic heterocycles. The number of hydrogen-bond acceptors (Lipinski definition) is 7. The predicted octanol–water partition coefficient (Wildman–Crippen LogP) is 4.07. The number of hydrogen-bond donors (Lipinski definition) is 2. The quantitative estimate of drug-likeness (QED) is 0.405. The molecule has 0 bridgehead atoms. The zero-order chi connectivity index (χ0) is 25.4. The molecule has 1 amide bonds. The van der Waals surface area contributed by atoms with Gasteiger partial charge < -0.3 is 10.1 Å². The van der Waals surface area contributed by atoms with E-state index in [1.54, 1.807) is 54.1 Å². The molecule has 0 radical (unpaired) electrons. The van der Waals surface area contributed by atoms with Gasteiger partial charge in [0.2, 0.25) is 11.8 Å². The maximum Gasteiger partial charge on any atom is 0.261 e. The first kappa shape index (κ1) is 23.5. The largest absolute Gasteiger partial charge is 0.439 e. The lowest BCUT2D eigenvalue weighted by Gasteiger charge is -2.18. The average molecular weight is 505 g/mol. The number of aryl methyl sites for hydroxylation is 4. The minimum atomic E-state index is -3.81. The van der Waals surface area contributed by atoms with Gasteiger partial charge in [0.15, 0.2) is 5.82 Å². The number of sulfonamides is 1. The van der Waals surface area contributed by atoms with Crippen LogP contribution in [-0.4, -0.2) is 34.1 Å². The van der Waals surface area contributed by atoms with Crippen LogP contribution in [0.15, 0.2) is 59.5 Å². The number of fused-ring (bicyclic) bond motifs is 1. The highest BCUT2D eigenvalue weighted by molar-refractivity contribution is 7.92. The van der Waals surface area contributed by atoms with E-state index in [-0.39, 0.29) is 10.8 Å². The van der Waals surface area contributed by atoms with Gasteiger partial charge in [-0.2, -0.15) is 10.1 Å². The lowest BCUT2D eigenvalue weighted by Crippen LogP contribution is -2.20. The van der Waals surface area contributed by atoms with Crippen molar-refractivity contribution in [3.05, 3.63) is 77.4 Å². The van der Waals surface area contributed by atoms with Gasteiger partial charge in [-0.05, 0) is 81.3 Å². The molecule has 0 saturated carbocycles. The number of amides is 1. The minimum Gasteiger partial charge on any atom is -0.439 e. The second kappa shape index (κ2) is 9.08. The summed E-state index contributed by atoms with van der Waals surface area (Å²) in [6.45, 7) is 5.63. The van der Waals surface area contributed by atoms with E-state index in [1.807, 2.05) is 19.9 Å². The van der Waals surface area contributed by atoms with E-state index in [2.05, 4.69) is 25.1 Å². The molecule has 3 heterocycles. The summed E-state index contributed by atoms with van der Waals surface area (Å²) >= 11 is 0. The van der Waals surface area contributed by atoms with E-state index in [4.69, 9.17) is 4.74 Å². The topological polar surface area (TPSA) is 128 Å². The first-order valence-corrected chi connectivity index (χ1v) is 12.8. The minimum absolute atomic E-state index is 0.0708. The third-order valence-electron chi connectivity index (χ3n) is 5.64. The number of nitrogens with zero attached hydrogens (tertiary/aromatic N) is 4. The molecule has 4 aromatic rings. The second-order valence-electron chi connectivity index (χ2n) is 8.55. The first-order chi connectivity index (χ1) is 17.2. The summed E-state index contributed by atoms with van der Waals surface area (Å²) in [6.07, 6.45) is 0.834. The van der Waals surface area contributed by atoms with Crippen molar-refractivity contribution in [1.29, 1.82) is 0 Å². The van der Waals surface area contributed by atoms with Gasteiger partial charge >= 0.3 is 0 Å². The van der Waals surface area contributed by atoms with Crippen molar-refractivity contribution in [3.8, 4) is 17.4 Å². The summed E-state index contributed by atoms with van der Waals surface area (Å²) < 4.78 is 36.0. The van der Waals surface area contributed by atoms with Gasteiger partial charge in [0.25, 0.3) is 10.0 Å². The fourth-order valence-corrected chi connectivity index (χ4v) is 5.11. The summed E-state index contributed by atoms with van der Waals surface area (Å²) in [5.41, 5.74) is 3.65. The van der Waals surface area contributed by atoms with Crippen LogP contribution in [0, 0.1) is 20.8 Å². The van der Waals surface area contributed by atoms with Crippen LogP contribution in [0.3, 0.4) is 0 Å². The first-order valence-electron chi connectivity index (χ1n) is 11.3. The van der Waals surface area contributed by atoms with Crippen molar-refractivity contribution in [2.24, 2.45) is 0 Å². The number of anilines is 2. The molecule has 0 unspecified atom stereocenters. The third-order valence-corrected chi connectivity index (χ3v) is 7.02. The number of nitrogens with one attached hydrogen (secondary N) is 2. The second-order valence-corrected chi connectivity index (χ2v) is 10.2. The molecule has 0 saturated heterocycles. The molecular formula is C25H24N6O4S. The fraction of sp³-hybridized carbons (Fsp3) is 0.200. The highest BCUT2D eigenvalue weighted by Gasteiger charge is 2.20. The van der Waals surface area contributed by atoms with Crippen LogP contribution in [0.1, 0.15) is 29.2 Å². The molecule has 2 aromatic carbocycles. The monoisotopic (exact) mass is 504 g/mol. The summed E-state index contributed by atoms with van der Waals surface area (Å²) in [6, 6.07) is 14.9. The Morgan fingerprint density at radius 3 is 2.47 bits per heavy atom. The van der Waals surface area contributed by atoms with Gasteiger partial charge in [-0.15, -0.1) is 0 Å². The Bertz CT molecular complexity index is 1580. The van der Waals surface area contributed by atoms with Crippen molar-refractivity contribution in [3.63, 3.8) is 0 Å². The predicted molar refractivity (Wildman–Crippen MR) is 134 cm³/mol. The van der Waals surface area contributed by atoms with E-state index < -0.39 is 10.0 Å². The number of aromatic nitrogens is 4. The Kier molecular flexibility index (Phi) is 5.92. The Balaban J connectivity index is 1.31. The zero-order valence-electron chi connectivity index (χ0n) is 19.9. The summed E-state index contributed by atoms with van der Waals surface area (Å²) in [5.74, 6) is 1.89. The van der Waals surface area contributed by atoms with Crippen LogP contribution in [0.4, 0.5) is 11.4 Å². The molecule has 0 fully saturated rings. The number of carbonyl (C=O) groups is 1. The molecule has 184 valence electrons.